The first-order chi connectivity index (χ1) is 8.20. The molecule has 0 aliphatic rings. The first-order valence-corrected chi connectivity index (χ1v) is 5.77. The molecule has 0 unspecified atom stereocenters. The zero-order valence-corrected chi connectivity index (χ0v) is 10.3. The third kappa shape index (κ3) is 2.84. The smallest absolute Gasteiger partial charge is 0.123 e. The first kappa shape index (κ1) is 12.1. The van der Waals surface area contributed by atoms with Crippen molar-refractivity contribution >= 4 is 11.6 Å². The minimum absolute atomic E-state index is 0.215. The first-order valence-electron chi connectivity index (χ1n) is 5.39. The van der Waals surface area contributed by atoms with Crippen molar-refractivity contribution in [1.29, 1.82) is 0 Å². The predicted octanol–water partition coefficient (Wildman–Crippen LogP) is 3.87. The van der Waals surface area contributed by atoms with Gasteiger partial charge in [0, 0.05) is 11.6 Å². The molecule has 0 aliphatic heterocycles. The summed E-state index contributed by atoms with van der Waals surface area (Å²) in [5.74, 6) is -0.215. The SMILES string of the molecule is CNCc1cc(F)ccc1-c1ccc(Cl)cc1. The molecule has 0 fully saturated rings. The van der Waals surface area contributed by atoms with Gasteiger partial charge in [0.25, 0.3) is 0 Å². The summed E-state index contributed by atoms with van der Waals surface area (Å²) in [6, 6.07) is 12.4. The van der Waals surface area contributed by atoms with Crippen LogP contribution in [0.25, 0.3) is 11.1 Å². The lowest BCUT2D eigenvalue weighted by atomic mass is 9.99. The molecular weight excluding hydrogens is 237 g/mol. The Labute approximate surface area is 105 Å². The molecule has 0 saturated carbocycles. The zero-order valence-electron chi connectivity index (χ0n) is 9.50. The van der Waals surface area contributed by atoms with E-state index in [0.717, 1.165) is 16.7 Å². The maximum absolute atomic E-state index is 13.2. The van der Waals surface area contributed by atoms with E-state index in [4.69, 9.17) is 11.6 Å². The van der Waals surface area contributed by atoms with Crippen molar-refractivity contribution in [3.63, 3.8) is 0 Å². The third-order valence-corrected chi connectivity index (χ3v) is 2.84. The van der Waals surface area contributed by atoms with Crippen molar-refractivity contribution in [2.45, 2.75) is 6.54 Å². The summed E-state index contributed by atoms with van der Waals surface area (Å²) in [5, 5.41) is 3.74. The topological polar surface area (TPSA) is 12.0 Å². The van der Waals surface area contributed by atoms with Gasteiger partial charge in [0.05, 0.1) is 0 Å². The van der Waals surface area contributed by atoms with Crippen molar-refractivity contribution in [3.8, 4) is 11.1 Å². The fraction of sp³-hybridized carbons (Fsp3) is 0.143. The van der Waals surface area contributed by atoms with E-state index in [9.17, 15) is 4.39 Å². The molecule has 1 nitrogen and oxygen atoms in total. The van der Waals surface area contributed by atoms with Crippen LogP contribution in [0.4, 0.5) is 4.39 Å². The molecule has 0 heterocycles. The Balaban J connectivity index is 2.46. The van der Waals surface area contributed by atoms with Crippen LogP contribution in [0.1, 0.15) is 5.56 Å². The zero-order chi connectivity index (χ0) is 12.3. The second-order valence-electron chi connectivity index (χ2n) is 3.84. The summed E-state index contributed by atoms with van der Waals surface area (Å²) in [4.78, 5) is 0. The lowest BCUT2D eigenvalue weighted by Gasteiger charge is -2.09. The average molecular weight is 250 g/mol. The molecule has 88 valence electrons. The van der Waals surface area contributed by atoms with Crippen molar-refractivity contribution in [1.82, 2.24) is 5.32 Å². The number of benzene rings is 2. The molecule has 3 heteroatoms. The van der Waals surface area contributed by atoms with Crippen molar-refractivity contribution < 1.29 is 4.39 Å². The van der Waals surface area contributed by atoms with Gasteiger partial charge in [-0.15, -0.1) is 0 Å². The van der Waals surface area contributed by atoms with Gasteiger partial charge in [0.2, 0.25) is 0 Å². The molecular formula is C14H13ClFN. The molecule has 2 aromatic rings. The van der Waals surface area contributed by atoms with Crippen LogP contribution >= 0.6 is 11.6 Å². The minimum Gasteiger partial charge on any atom is -0.316 e. The Morgan fingerprint density at radius 2 is 1.82 bits per heavy atom. The molecule has 0 spiro atoms. The molecule has 2 rings (SSSR count). The molecule has 0 aliphatic carbocycles. The van der Waals surface area contributed by atoms with Crippen LogP contribution in [-0.4, -0.2) is 7.05 Å². The molecule has 0 bridgehead atoms. The van der Waals surface area contributed by atoms with Gasteiger partial charge in [-0.1, -0.05) is 29.8 Å². The molecule has 17 heavy (non-hydrogen) atoms. The second-order valence-corrected chi connectivity index (χ2v) is 4.28. The van der Waals surface area contributed by atoms with E-state index in [1.807, 2.05) is 31.3 Å². The Hall–Kier alpha value is -1.38. The van der Waals surface area contributed by atoms with Gasteiger partial charge in [-0.05, 0) is 48.0 Å². The van der Waals surface area contributed by atoms with Gasteiger partial charge >= 0.3 is 0 Å². The van der Waals surface area contributed by atoms with Gasteiger partial charge in [0.1, 0.15) is 5.82 Å². The Morgan fingerprint density at radius 1 is 1.12 bits per heavy atom. The van der Waals surface area contributed by atoms with E-state index < -0.39 is 0 Å². The van der Waals surface area contributed by atoms with Crippen LogP contribution in [0.15, 0.2) is 42.5 Å². The minimum atomic E-state index is -0.215. The van der Waals surface area contributed by atoms with Crippen molar-refractivity contribution in [3.05, 3.63) is 58.9 Å². The molecule has 0 radical (unpaired) electrons. The van der Waals surface area contributed by atoms with Crippen LogP contribution in [0.5, 0.6) is 0 Å². The van der Waals surface area contributed by atoms with Crippen LogP contribution in [0.3, 0.4) is 0 Å². The monoisotopic (exact) mass is 249 g/mol. The summed E-state index contributed by atoms with van der Waals surface area (Å²) in [7, 11) is 1.84. The Bertz CT molecular complexity index is 508. The van der Waals surface area contributed by atoms with Crippen molar-refractivity contribution in [2.75, 3.05) is 7.05 Å². The third-order valence-electron chi connectivity index (χ3n) is 2.59. The van der Waals surface area contributed by atoms with Gasteiger partial charge in [-0.2, -0.15) is 0 Å². The van der Waals surface area contributed by atoms with E-state index in [2.05, 4.69) is 5.32 Å². The highest BCUT2D eigenvalue weighted by Crippen LogP contribution is 2.25. The summed E-state index contributed by atoms with van der Waals surface area (Å²) in [6.45, 7) is 0.635. The van der Waals surface area contributed by atoms with Gasteiger partial charge in [0.15, 0.2) is 0 Å². The van der Waals surface area contributed by atoms with E-state index in [1.54, 1.807) is 12.1 Å². The lowest BCUT2D eigenvalue weighted by Crippen LogP contribution is -2.06. The number of nitrogens with one attached hydrogen (secondary N) is 1. The normalized spacial score (nSPS) is 10.5. The molecule has 0 atom stereocenters. The fourth-order valence-corrected chi connectivity index (χ4v) is 1.94. The number of rotatable bonds is 3. The van der Waals surface area contributed by atoms with Crippen LogP contribution in [0.2, 0.25) is 5.02 Å². The molecule has 0 saturated heterocycles. The summed E-state index contributed by atoms with van der Waals surface area (Å²) in [5.41, 5.74) is 3.01. The van der Waals surface area contributed by atoms with Crippen LogP contribution in [0, 0.1) is 5.82 Å². The van der Waals surface area contributed by atoms with E-state index in [-0.39, 0.29) is 5.82 Å². The Kier molecular flexibility index (Phi) is 3.77. The summed E-state index contributed by atoms with van der Waals surface area (Å²) in [6.07, 6.45) is 0. The highest BCUT2D eigenvalue weighted by atomic mass is 35.5. The molecule has 0 amide bonds. The number of hydrogen-bond donors (Lipinski definition) is 1. The lowest BCUT2D eigenvalue weighted by molar-refractivity contribution is 0.624. The van der Waals surface area contributed by atoms with Crippen molar-refractivity contribution in [2.24, 2.45) is 0 Å². The van der Waals surface area contributed by atoms with Crippen LogP contribution in [-0.2, 0) is 6.54 Å². The van der Waals surface area contributed by atoms with Gasteiger partial charge in [-0.25, -0.2) is 4.39 Å². The summed E-state index contributed by atoms with van der Waals surface area (Å²) < 4.78 is 13.2. The molecule has 1 N–H and O–H groups in total. The van der Waals surface area contributed by atoms with Gasteiger partial charge in [-0.3, -0.25) is 0 Å². The predicted molar refractivity (Wildman–Crippen MR) is 69.6 cm³/mol. The van der Waals surface area contributed by atoms with E-state index >= 15 is 0 Å². The molecule has 0 aromatic heterocycles. The fourth-order valence-electron chi connectivity index (χ4n) is 1.81. The quantitative estimate of drug-likeness (QED) is 0.871. The number of halogens is 2. The summed E-state index contributed by atoms with van der Waals surface area (Å²) >= 11 is 5.85. The second kappa shape index (κ2) is 5.30. The Morgan fingerprint density at radius 3 is 2.47 bits per heavy atom. The highest BCUT2D eigenvalue weighted by Gasteiger charge is 2.05. The standard InChI is InChI=1S/C14H13ClFN/c1-17-9-11-8-13(16)6-7-14(11)10-2-4-12(15)5-3-10/h2-8,17H,9H2,1H3. The van der Waals surface area contributed by atoms with Gasteiger partial charge < -0.3 is 5.32 Å². The maximum atomic E-state index is 13.2. The van der Waals surface area contributed by atoms with E-state index in [1.165, 1.54) is 6.07 Å². The van der Waals surface area contributed by atoms with Crippen LogP contribution < -0.4 is 5.32 Å². The maximum Gasteiger partial charge on any atom is 0.123 e. The number of hydrogen-bond acceptors (Lipinski definition) is 1. The molecule has 2 aromatic carbocycles. The van der Waals surface area contributed by atoms with E-state index in [0.29, 0.717) is 11.6 Å². The highest BCUT2D eigenvalue weighted by molar-refractivity contribution is 6.30. The largest absolute Gasteiger partial charge is 0.316 e. The average Bonchev–Trinajstić information content (AvgIpc) is 2.31.